The zero-order chi connectivity index (χ0) is 29.1. The summed E-state index contributed by atoms with van der Waals surface area (Å²) in [6, 6.07) is 20.8. The number of carbonyl (C=O) groups is 2. The van der Waals surface area contributed by atoms with Crippen molar-refractivity contribution >= 4 is 51.5 Å². The lowest BCUT2D eigenvalue weighted by atomic mass is 9.96. The van der Waals surface area contributed by atoms with Crippen molar-refractivity contribution < 1.29 is 9.59 Å². The van der Waals surface area contributed by atoms with Crippen molar-refractivity contribution in [2.45, 2.75) is 19.4 Å². The number of aromatic nitrogens is 3. The standard InChI is InChI=1S/C32H33N7O2S/c1-38(2)26-8-5-7-23(17-26)29-24(16-22-6-3-4-9-27(22)36-29)20-33-19-21-11-14-39(15-12-21)31-34-13-10-25(35-31)18-28-30(40)37-32(41)42-28/h3-10,13,16-18,21,33H,11-12,14-15,19-20H2,1-2H3,(H,37,40,41). The largest absolute Gasteiger partial charge is 0.378 e. The molecule has 0 unspecified atom stereocenters. The predicted molar refractivity (Wildman–Crippen MR) is 169 cm³/mol. The first kappa shape index (κ1) is 27.9. The zero-order valence-electron chi connectivity index (χ0n) is 23.7. The van der Waals surface area contributed by atoms with Crippen molar-refractivity contribution in [3.63, 3.8) is 0 Å². The van der Waals surface area contributed by atoms with E-state index in [1.165, 1.54) is 5.56 Å². The van der Waals surface area contributed by atoms with E-state index in [4.69, 9.17) is 4.98 Å². The van der Waals surface area contributed by atoms with Gasteiger partial charge in [-0.05, 0) is 79.0 Å². The summed E-state index contributed by atoms with van der Waals surface area (Å²) in [4.78, 5) is 42.2. The van der Waals surface area contributed by atoms with Crippen LogP contribution < -0.4 is 20.4 Å². The van der Waals surface area contributed by atoms with Crippen molar-refractivity contribution in [1.29, 1.82) is 0 Å². The number of amides is 2. The van der Waals surface area contributed by atoms with Gasteiger partial charge >= 0.3 is 0 Å². The first-order valence-electron chi connectivity index (χ1n) is 14.1. The summed E-state index contributed by atoms with van der Waals surface area (Å²) in [5, 5.41) is 6.78. The molecule has 2 amide bonds. The minimum Gasteiger partial charge on any atom is -0.378 e. The Bertz CT molecular complexity index is 1660. The van der Waals surface area contributed by atoms with Crippen LogP contribution in [0.4, 0.5) is 16.4 Å². The molecule has 0 saturated carbocycles. The lowest BCUT2D eigenvalue weighted by Gasteiger charge is -2.32. The van der Waals surface area contributed by atoms with Gasteiger partial charge in [-0.15, -0.1) is 0 Å². The molecule has 0 spiro atoms. The van der Waals surface area contributed by atoms with Crippen LogP contribution in [0.15, 0.2) is 71.8 Å². The summed E-state index contributed by atoms with van der Waals surface area (Å²) < 4.78 is 0. The van der Waals surface area contributed by atoms with Gasteiger partial charge in [0.25, 0.3) is 11.1 Å². The van der Waals surface area contributed by atoms with Gasteiger partial charge in [-0.2, -0.15) is 0 Å². The van der Waals surface area contributed by atoms with Crippen LogP contribution in [0.1, 0.15) is 24.1 Å². The van der Waals surface area contributed by atoms with E-state index in [2.05, 4.69) is 93.0 Å². The number of nitrogens with zero attached hydrogens (tertiary/aromatic N) is 5. The van der Waals surface area contributed by atoms with Gasteiger partial charge in [0.15, 0.2) is 0 Å². The summed E-state index contributed by atoms with van der Waals surface area (Å²) in [6.45, 7) is 3.39. The number of thioether (sulfide) groups is 1. The summed E-state index contributed by atoms with van der Waals surface area (Å²) in [5.74, 6) is 0.814. The third-order valence-corrected chi connectivity index (χ3v) is 8.48. The molecule has 2 aromatic carbocycles. The monoisotopic (exact) mass is 579 g/mol. The smallest absolute Gasteiger partial charge is 0.290 e. The molecule has 4 heterocycles. The number of anilines is 2. The van der Waals surface area contributed by atoms with Gasteiger partial charge in [0.2, 0.25) is 5.95 Å². The molecule has 214 valence electrons. The summed E-state index contributed by atoms with van der Waals surface area (Å²) in [5.41, 5.74) is 6.10. The molecule has 4 aromatic rings. The maximum absolute atomic E-state index is 11.9. The molecule has 9 nitrogen and oxygen atoms in total. The molecule has 0 aliphatic carbocycles. The number of imide groups is 1. The van der Waals surface area contributed by atoms with Crippen molar-refractivity contribution in [3.8, 4) is 11.3 Å². The SMILES string of the molecule is CN(C)c1cccc(-c2nc3ccccc3cc2CNCC2CCN(c3nccc(C=C4SC(=O)NC4=O)n3)CC2)c1. The predicted octanol–water partition coefficient (Wildman–Crippen LogP) is 5.09. The molecule has 2 aromatic heterocycles. The van der Waals surface area contributed by atoms with E-state index in [9.17, 15) is 9.59 Å². The van der Waals surface area contributed by atoms with E-state index < -0.39 is 0 Å². The second kappa shape index (κ2) is 12.3. The molecule has 0 bridgehead atoms. The molecule has 2 aliphatic heterocycles. The van der Waals surface area contributed by atoms with E-state index in [0.29, 0.717) is 22.5 Å². The van der Waals surface area contributed by atoms with E-state index >= 15 is 0 Å². The molecule has 42 heavy (non-hydrogen) atoms. The highest BCUT2D eigenvalue weighted by Gasteiger charge is 2.26. The normalized spacial score (nSPS) is 16.8. The quantitative estimate of drug-likeness (QED) is 0.276. The highest BCUT2D eigenvalue weighted by atomic mass is 32.2. The Morgan fingerprint density at radius 2 is 1.88 bits per heavy atom. The number of carbonyl (C=O) groups excluding carboxylic acids is 2. The second-order valence-electron chi connectivity index (χ2n) is 10.8. The average molecular weight is 580 g/mol. The Kier molecular flexibility index (Phi) is 8.16. The zero-order valence-corrected chi connectivity index (χ0v) is 24.5. The fraction of sp³-hybridized carbons (Fsp3) is 0.281. The van der Waals surface area contributed by atoms with Crippen LogP contribution in [0.5, 0.6) is 0 Å². The van der Waals surface area contributed by atoms with E-state index in [-0.39, 0.29) is 11.1 Å². The van der Waals surface area contributed by atoms with Gasteiger partial charge in [-0.1, -0.05) is 30.3 Å². The second-order valence-corrected chi connectivity index (χ2v) is 11.8. The lowest BCUT2D eigenvalue weighted by molar-refractivity contribution is -0.115. The molecular formula is C32H33N7O2S. The maximum Gasteiger partial charge on any atom is 0.290 e. The molecular weight excluding hydrogens is 546 g/mol. The third kappa shape index (κ3) is 6.29. The minimum atomic E-state index is -0.382. The Morgan fingerprint density at radius 3 is 2.67 bits per heavy atom. The molecule has 2 fully saturated rings. The molecule has 6 rings (SSSR count). The van der Waals surface area contributed by atoms with E-state index in [0.717, 1.165) is 78.6 Å². The van der Waals surface area contributed by atoms with Crippen LogP contribution in [0.25, 0.3) is 28.2 Å². The molecule has 0 atom stereocenters. The van der Waals surface area contributed by atoms with Crippen LogP contribution in [0, 0.1) is 5.92 Å². The number of hydrogen-bond acceptors (Lipinski definition) is 9. The van der Waals surface area contributed by atoms with Gasteiger partial charge in [0, 0.05) is 56.6 Å². The van der Waals surface area contributed by atoms with Crippen LogP contribution in [-0.2, 0) is 11.3 Å². The van der Waals surface area contributed by atoms with Crippen molar-refractivity contribution in [1.82, 2.24) is 25.6 Å². The molecule has 2 saturated heterocycles. The highest BCUT2D eigenvalue weighted by Crippen LogP contribution is 2.29. The topological polar surface area (TPSA) is 103 Å². The number of pyridine rings is 1. The van der Waals surface area contributed by atoms with Gasteiger partial charge in [0.1, 0.15) is 0 Å². The van der Waals surface area contributed by atoms with Gasteiger partial charge in [-0.3, -0.25) is 14.9 Å². The van der Waals surface area contributed by atoms with Crippen molar-refractivity contribution in [2.24, 2.45) is 5.92 Å². The molecule has 0 radical (unpaired) electrons. The number of nitrogens with one attached hydrogen (secondary N) is 2. The molecule has 2 N–H and O–H groups in total. The fourth-order valence-electron chi connectivity index (χ4n) is 5.37. The van der Waals surface area contributed by atoms with Crippen LogP contribution in [-0.4, -0.2) is 59.8 Å². The summed E-state index contributed by atoms with van der Waals surface area (Å²) >= 11 is 0.892. The average Bonchev–Trinajstić information content (AvgIpc) is 3.33. The first-order chi connectivity index (χ1) is 20.4. The molecule has 10 heteroatoms. The van der Waals surface area contributed by atoms with Gasteiger partial charge in [0.05, 0.1) is 21.8 Å². The van der Waals surface area contributed by atoms with Gasteiger partial charge < -0.3 is 15.1 Å². The van der Waals surface area contributed by atoms with Crippen LogP contribution in [0.3, 0.4) is 0 Å². The number of rotatable bonds is 8. The maximum atomic E-state index is 11.9. The fourth-order valence-corrected chi connectivity index (χ4v) is 6.04. The Morgan fingerprint density at radius 1 is 1.05 bits per heavy atom. The number of fused-ring (bicyclic) bond motifs is 1. The highest BCUT2D eigenvalue weighted by molar-refractivity contribution is 8.18. The Hall–Kier alpha value is -4.28. The minimum absolute atomic E-state index is 0.351. The molecule has 2 aliphatic rings. The first-order valence-corrected chi connectivity index (χ1v) is 14.9. The number of benzene rings is 2. The Labute approximate surface area is 249 Å². The summed E-state index contributed by atoms with van der Waals surface area (Å²) in [7, 11) is 4.11. The van der Waals surface area contributed by atoms with E-state index in [1.807, 2.05) is 6.07 Å². The van der Waals surface area contributed by atoms with Crippen molar-refractivity contribution in [2.75, 3.05) is 43.5 Å². The third-order valence-electron chi connectivity index (χ3n) is 7.67. The van der Waals surface area contributed by atoms with Crippen LogP contribution in [0.2, 0.25) is 0 Å². The van der Waals surface area contributed by atoms with Gasteiger partial charge in [-0.25, -0.2) is 15.0 Å². The lowest BCUT2D eigenvalue weighted by Crippen LogP contribution is -2.38. The number of piperidine rings is 1. The van der Waals surface area contributed by atoms with E-state index in [1.54, 1.807) is 18.3 Å². The Balaban J connectivity index is 1.09. The number of hydrogen-bond donors (Lipinski definition) is 2. The van der Waals surface area contributed by atoms with Crippen molar-refractivity contribution in [3.05, 3.63) is 83.0 Å². The summed E-state index contributed by atoms with van der Waals surface area (Å²) in [6.07, 6.45) is 5.40. The van der Waals surface area contributed by atoms with Crippen LogP contribution >= 0.6 is 11.8 Å². The number of para-hydroxylation sites is 1.